The second kappa shape index (κ2) is 10.9. The fraction of sp³-hybridized carbons (Fsp3) is 0.789. The minimum Gasteiger partial charge on any atom is -0.465 e. The highest BCUT2D eigenvalue weighted by Gasteiger charge is 2.28. The van der Waals surface area contributed by atoms with E-state index >= 15 is 0 Å². The number of hydrogen-bond acceptors (Lipinski definition) is 7. The van der Waals surface area contributed by atoms with Crippen molar-refractivity contribution in [1.29, 1.82) is 0 Å². The van der Waals surface area contributed by atoms with Crippen molar-refractivity contribution < 1.29 is 22.7 Å². The van der Waals surface area contributed by atoms with E-state index in [0.29, 0.717) is 26.3 Å². The molecule has 0 spiro atoms. The van der Waals surface area contributed by atoms with Crippen LogP contribution in [-0.2, 0) is 37.2 Å². The molecule has 0 saturated heterocycles. The maximum atomic E-state index is 13.0. The van der Waals surface area contributed by atoms with Gasteiger partial charge in [0.15, 0.2) is 0 Å². The number of esters is 1. The van der Waals surface area contributed by atoms with Crippen molar-refractivity contribution in [3.8, 4) is 0 Å². The Morgan fingerprint density at radius 1 is 1.32 bits per heavy atom. The van der Waals surface area contributed by atoms with Crippen molar-refractivity contribution in [2.24, 2.45) is 5.92 Å². The second-order valence-electron chi connectivity index (χ2n) is 7.44. The van der Waals surface area contributed by atoms with Gasteiger partial charge in [0.05, 0.1) is 37.4 Å². The first-order valence-electron chi connectivity index (χ1n) is 9.97. The second-order valence-corrected chi connectivity index (χ2v) is 9.37. The maximum Gasteiger partial charge on any atom is 0.320 e. The van der Waals surface area contributed by atoms with Gasteiger partial charge in [0, 0.05) is 20.2 Å². The van der Waals surface area contributed by atoms with Gasteiger partial charge in [-0.2, -0.15) is 0 Å². The Bertz CT molecular complexity index is 726. The Morgan fingerprint density at radius 3 is 2.68 bits per heavy atom. The van der Waals surface area contributed by atoms with Gasteiger partial charge < -0.3 is 14.0 Å². The molecule has 9 heteroatoms. The number of nitrogens with zero attached hydrogens (tertiary/aromatic N) is 3. The Hall–Kier alpha value is -1.45. The summed E-state index contributed by atoms with van der Waals surface area (Å²) in [4.78, 5) is 17.7. The summed E-state index contributed by atoms with van der Waals surface area (Å²) in [6.45, 7) is 3.42. The standard InChI is InChI=1S/C19H33N3O5S/c1-4-27-18(23)14-21(2)13-17-12-20-19(22(17)10-11-26-3)28(24,25)15-16-8-6-5-7-9-16/h12,16H,4-11,13-15H2,1-3H3. The summed E-state index contributed by atoms with van der Waals surface area (Å²) in [6, 6.07) is 0. The number of carbonyl (C=O) groups is 1. The molecule has 28 heavy (non-hydrogen) atoms. The number of rotatable bonds is 11. The van der Waals surface area contributed by atoms with Crippen molar-refractivity contribution in [3.63, 3.8) is 0 Å². The minimum atomic E-state index is -3.48. The largest absolute Gasteiger partial charge is 0.465 e. The summed E-state index contributed by atoms with van der Waals surface area (Å²) >= 11 is 0. The third-order valence-electron chi connectivity index (χ3n) is 5.01. The van der Waals surface area contributed by atoms with E-state index in [-0.39, 0.29) is 29.3 Å². The molecule has 2 rings (SSSR count). The van der Waals surface area contributed by atoms with Crippen LogP contribution in [0.15, 0.2) is 11.4 Å². The average molecular weight is 416 g/mol. The number of sulfone groups is 1. The Kier molecular flexibility index (Phi) is 8.91. The van der Waals surface area contributed by atoms with Crippen molar-refractivity contribution in [2.75, 3.05) is 39.7 Å². The highest BCUT2D eigenvalue weighted by Crippen LogP contribution is 2.27. The molecule has 1 aromatic rings. The van der Waals surface area contributed by atoms with Crippen LogP contribution in [0.25, 0.3) is 0 Å². The summed E-state index contributed by atoms with van der Waals surface area (Å²) in [7, 11) is -0.106. The number of likely N-dealkylation sites (N-methyl/N-ethyl adjacent to an activating group) is 1. The Balaban J connectivity index is 2.16. The van der Waals surface area contributed by atoms with E-state index in [1.807, 2.05) is 0 Å². The van der Waals surface area contributed by atoms with Gasteiger partial charge in [0.1, 0.15) is 0 Å². The van der Waals surface area contributed by atoms with E-state index in [9.17, 15) is 13.2 Å². The summed E-state index contributed by atoms with van der Waals surface area (Å²) < 4.78 is 37.9. The molecular formula is C19H33N3O5S. The van der Waals surface area contributed by atoms with Crippen LogP contribution >= 0.6 is 0 Å². The van der Waals surface area contributed by atoms with Gasteiger partial charge in [0.25, 0.3) is 0 Å². The molecule has 8 nitrogen and oxygen atoms in total. The molecule has 1 aliphatic carbocycles. The summed E-state index contributed by atoms with van der Waals surface area (Å²) in [5.41, 5.74) is 0.742. The molecule has 0 atom stereocenters. The normalized spacial score (nSPS) is 15.9. The highest BCUT2D eigenvalue weighted by molar-refractivity contribution is 7.91. The fourth-order valence-corrected chi connectivity index (χ4v) is 5.55. The van der Waals surface area contributed by atoms with Crippen LogP contribution < -0.4 is 0 Å². The van der Waals surface area contributed by atoms with Gasteiger partial charge in [-0.3, -0.25) is 9.69 Å². The van der Waals surface area contributed by atoms with Crippen LogP contribution in [0.3, 0.4) is 0 Å². The zero-order valence-electron chi connectivity index (χ0n) is 17.2. The summed E-state index contributed by atoms with van der Waals surface area (Å²) in [5, 5.41) is 0.106. The molecule has 0 N–H and O–H groups in total. The third kappa shape index (κ3) is 6.56. The average Bonchev–Trinajstić information content (AvgIpc) is 3.03. The van der Waals surface area contributed by atoms with Gasteiger partial charge in [0.2, 0.25) is 15.0 Å². The van der Waals surface area contributed by atoms with Crippen LogP contribution in [0.1, 0.15) is 44.7 Å². The lowest BCUT2D eigenvalue weighted by atomic mass is 9.91. The first-order valence-corrected chi connectivity index (χ1v) is 11.6. The number of hydrogen-bond donors (Lipinski definition) is 0. The predicted molar refractivity (Wildman–Crippen MR) is 106 cm³/mol. The molecule has 1 heterocycles. The molecule has 0 amide bonds. The Morgan fingerprint density at radius 2 is 2.04 bits per heavy atom. The molecule has 0 aliphatic heterocycles. The monoisotopic (exact) mass is 415 g/mol. The molecule has 1 saturated carbocycles. The lowest BCUT2D eigenvalue weighted by molar-refractivity contribution is -0.144. The zero-order valence-corrected chi connectivity index (χ0v) is 18.0. The lowest BCUT2D eigenvalue weighted by Crippen LogP contribution is -2.29. The van der Waals surface area contributed by atoms with E-state index in [1.165, 1.54) is 6.42 Å². The molecule has 0 radical (unpaired) electrons. The predicted octanol–water partition coefficient (Wildman–Crippen LogP) is 1.88. The van der Waals surface area contributed by atoms with Crippen LogP contribution in [0.4, 0.5) is 0 Å². The number of aromatic nitrogens is 2. The first-order chi connectivity index (χ1) is 13.4. The van der Waals surface area contributed by atoms with Crippen LogP contribution in [-0.4, -0.2) is 68.5 Å². The van der Waals surface area contributed by atoms with Gasteiger partial charge in [-0.25, -0.2) is 13.4 Å². The summed E-state index contributed by atoms with van der Waals surface area (Å²) in [5.74, 6) is 0.0501. The van der Waals surface area contributed by atoms with Gasteiger partial charge in [-0.15, -0.1) is 0 Å². The van der Waals surface area contributed by atoms with E-state index in [0.717, 1.165) is 31.4 Å². The topological polar surface area (TPSA) is 90.7 Å². The molecule has 160 valence electrons. The number of carbonyl (C=O) groups excluding carboxylic acids is 1. The molecule has 1 aromatic heterocycles. The van der Waals surface area contributed by atoms with Gasteiger partial charge in [-0.1, -0.05) is 19.3 Å². The van der Waals surface area contributed by atoms with Crippen LogP contribution in [0.2, 0.25) is 0 Å². The van der Waals surface area contributed by atoms with Crippen molar-refractivity contribution in [2.45, 2.75) is 57.3 Å². The van der Waals surface area contributed by atoms with Crippen LogP contribution in [0, 0.1) is 5.92 Å². The number of imidazole rings is 1. The summed E-state index contributed by atoms with van der Waals surface area (Å²) in [6.07, 6.45) is 6.91. The molecule has 1 fully saturated rings. The molecule has 0 unspecified atom stereocenters. The van der Waals surface area contributed by atoms with Crippen molar-refractivity contribution in [3.05, 3.63) is 11.9 Å². The molecule has 0 bridgehead atoms. The van der Waals surface area contributed by atoms with E-state index in [1.54, 1.807) is 36.7 Å². The zero-order chi connectivity index (χ0) is 20.6. The first kappa shape index (κ1) is 22.8. The lowest BCUT2D eigenvalue weighted by Gasteiger charge is -2.22. The fourth-order valence-electron chi connectivity index (χ4n) is 3.69. The van der Waals surface area contributed by atoms with E-state index < -0.39 is 9.84 Å². The smallest absolute Gasteiger partial charge is 0.320 e. The highest BCUT2D eigenvalue weighted by atomic mass is 32.2. The molecular weight excluding hydrogens is 382 g/mol. The SMILES string of the molecule is CCOC(=O)CN(C)Cc1cnc(S(=O)(=O)CC2CCCCC2)n1CCOC. The number of methoxy groups -OCH3 is 1. The minimum absolute atomic E-state index is 0.106. The maximum absolute atomic E-state index is 13.0. The van der Waals surface area contributed by atoms with Crippen molar-refractivity contribution >= 4 is 15.8 Å². The van der Waals surface area contributed by atoms with E-state index in [4.69, 9.17) is 9.47 Å². The molecule has 1 aliphatic rings. The van der Waals surface area contributed by atoms with Gasteiger partial charge in [-0.05, 0) is 32.7 Å². The van der Waals surface area contributed by atoms with Crippen LogP contribution in [0.5, 0.6) is 0 Å². The Labute approximate surface area is 168 Å². The quantitative estimate of drug-likeness (QED) is 0.510. The van der Waals surface area contributed by atoms with E-state index in [2.05, 4.69) is 4.98 Å². The van der Waals surface area contributed by atoms with Gasteiger partial charge >= 0.3 is 5.97 Å². The third-order valence-corrected chi connectivity index (χ3v) is 6.81. The van der Waals surface area contributed by atoms with Crippen molar-refractivity contribution in [1.82, 2.24) is 14.5 Å². The molecule has 0 aromatic carbocycles. The number of ether oxygens (including phenoxy) is 2.